The predicted octanol–water partition coefficient (Wildman–Crippen LogP) is 4.64. The summed E-state index contributed by atoms with van der Waals surface area (Å²) < 4.78 is 2.00. The van der Waals surface area contributed by atoms with Crippen molar-refractivity contribution in [1.82, 2.24) is 14.5 Å². The fourth-order valence-electron chi connectivity index (χ4n) is 2.66. The molecule has 2 aromatic rings. The smallest absolute Gasteiger partial charge is 0.163 e. The van der Waals surface area contributed by atoms with Gasteiger partial charge < -0.3 is 14.8 Å². The van der Waals surface area contributed by atoms with Crippen LogP contribution in [0.4, 0.5) is 0 Å². The first-order chi connectivity index (χ1) is 12.1. The van der Waals surface area contributed by atoms with E-state index in [4.69, 9.17) is 38.7 Å². The first-order valence-corrected chi connectivity index (χ1v) is 9.40. The minimum atomic E-state index is -1.50. The summed E-state index contributed by atoms with van der Waals surface area (Å²) in [6.07, 6.45) is 4.49. The molecule has 2 heterocycles. The largest absolute Gasteiger partial charge is 0.366 e. The Hall–Kier alpha value is -1.39. The van der Waals surface area contributed by atoms with Gasteiger partial charge in [0.2, 0.25) is 0 Å². The number of rotatable bonds is 1. The van der Waals surface area contributed by atoms with Crippen LogP contribution in [0.3, 0.4) is 0 Å². The Morgan fingerprint density at radius 3 is 2.35 bits per heavy atom. The van der Waals surface area contributed by atoms with Crippen LogP contribution >= 0.6 is 23.2 Å². The number of hydrogen-bond acceptors (Lipinski definition) is 5. The molecule has 0 amide bonds. The summed E-state index contributed by atoms with van der Waals surface area (Å²) in [6.45, 7) is 8.43. The van der Waals surface area contributed by atoms with Crippen molar-refractivity contribution in [2.45, 2.75) is 65.7 Å². The molecular formula is C18H26Cl2N4O2. The average molecular weight is 401 g/mol. The van der Waals surface area contributed by atoms with Crippen LogP contribution in [-0.4, -0.2) is 30.5 Å². The Balaban J connectivity index is 0.000000420. The molecule has 8 heteroatoms. The molecular weight excluding hydrogens is 375 g/mol. The molecule has 1 aliphatic carbocycles. The van der Waals surface area contributed by atoms with Gasteiger partial charge in [0.1, 0.15) is 10.7 Å². The first kappa shape index (κ1) is 22.7. The van der Waals surface area contributed by atoms with Gasteiger partial charge in [-0.1, -0.05) is 37.0 Å². The highest BCUT2D eigenvalue weighted by Crippen LogP contribution is 2.37. The third kappa shape index (κ3) is 5.82. The Labute approximate surface area is 164 Å². The van der Waals surface area contributed by atoms with Gasteiger partial charge in [-0.05, 0) is 40.0 Å². The molecule has 1 unspecified atom stereocenters. The predicted molar refractivity (Wildman–Crippen MR) is 104 cm³/mol. The van der Waals surface area contributed by atoms with Crippen molar-refractivity contribution in [3.05, 3.63) is 22.1 Å². The van der Waals surface area contributed by atoms with Gasteiger partial charge in [0.25, 0.3) is 0 Å². The van der Waals surface area contributed by atoms with E-state index in [1.54, 1.807) is 6.33 Å². The second kappa shape index (κ2) is 9.52. The number of imidazole rings is 1. The highest BCUT2D eigenvalue weighted by Gasteiger charge is 2.27. The Morgan fingerprint density at radius 2 is 1.85 bits per heavy atom. The number of fused-ring (bicyclic) bond motifs is 1. The zero-order valence-electron chi connectivity index (χ0n) is 15.8. The number of aromatic nitrogens is 3. The lowest BCUT2D eigenvalue weighted by Gasteiger charge is -2.12. The first-order valence-electron chi connectivity index (χ1n) is 8.64. The summed E-state index contributed by atoms with van der Waals surface area (Å²) in [5.41, 5.74) is 2.15. The normalized spacial score (nSPS) is 19.2. The quantitative estimate of drug-likeness (QED) is 0.536. The molecule has 0 saturated heterocycles. The Kier molecular flexibility index (Phi) is 8.29. The van der Waals surface area contributed by atoms with Crippen LogP contribution in [0.1, 0.15) is 58.6 Å². The van der Waals surface area contributed by atoms with E-state index in [0.717, 1.165) is 24.8 Å². The Bertz CT molecular complexity index is 772. The van der Waals surface area contributed by atoms with E-state index in [1.807, 2.05) is 25.3 Å². The lowest BCUT2D eigenvalue weighted by atomic mass is 10.1. The summed E-state index contributed by atoms with van der Waals surface area (Å²) in [5, 5.41) is 26.1. The molecule has 2 aromatic heterocycles. The van der Waals surface area contributed by atoms with Crippen molar-refractivity contribution in [2.75, 3.05) is 0 Å². The van der Waals surface area contributed by atoms with Gasteiger partial charge in [-0.25, -0.2) is 9.97 Å². The van der Waals surface area contributed by atoms with E-state index in [9.17, 15) is 0 Å². The van der Waals surface area contributed by atoms with E-state index in [-0.39, 0.29) is 12.0 Å². The van der Waals surface area contributed by atoms with Crippen LogP contribution in [0.15, 0.2) is 6.33 Å². The standard InChI is InChI=1S/C13H12Cl2N4.C3H8O2.C2H6/c1-7-10(14)11-13(18-12(7)15)19(6-17-11)9-3-2-8(4-9)5-16;1-3(2,4)5;1-2/h6,8-9H,2-4H2,1H3;4-5H,1-2H3;1-2H3/t8?,9-;;/m0../s1. The second-order valence-electron chi connectivity index (χ2n) is 6.45. The summed E-state index contributed by atoms with van der Waals surface area (Å²) >= 11 is 12.4. The maximum absolute atomic E-state index is 8.99. The number of hydrogen-bond donors (Lipinski definition) is 2. The van der Waals surface area contributed by atoms with Crippen molar-refractivity contribution in [3.63, 3.8) is 0 Å². The van der Waals surface area contributed by atoms with Gasteiger partial charge in [0, 0.05) is 17.5 Å². The monoisotopic (exact) mass is 400 g/mol. The molecule has 2 atom stereocenters. The van der Waals surface area contributed by atoms with Crippen molar-refractivity contribution < 1.29 is 10.2 Å². The minimum Gasteiger partial charge on any atom is -0.366 e. The average Bonchev–Trinajstić information content (AvgIpc) is 3.19. The number of aliphatic hydroxyl groups is 2. The molecule has 3 rings (SSSR count). The zero-order chi connectivity index (χ0) is 20.1. The lowest BCUT2D eigenvalue weighted by molar-refractivity contribution is -0.127. The second-order valence-corrected chi connectivity index (χ2v) is 7.19. The van der Waals surface area contributed by atoms with E-state index in [0.29, 0.717) is 21.3 Å². The fourth-order valence-corrected chi connectivity index (χ4v) is 3.11. The van der Waals surface area contributed by atoms with Gasteiger partial charge in [-0.15, -0.1) is 0 Å². The van der Waals surface area contributed by atoms with Crippen LogP contribution < -0.4 is 0 Å². The third-order valence-electron chi connectivity index (χ3n) is 3.80. The number of nitrogens with zero attached hydrogens (tertiary/aromatic N) is 4. The van der Waals surface area contributed by atoms with Gasteiger partial charge in [0.15, 0.2) is 11.4 Å². The SMILES string of the molecule is CC.CC(C)(O)O.Cc1c(Cl)nc2c(ncn2[C@H]2CCC(C#N)C2)c1Cl. The third-order valence-corrected chi connectivity index (χ3v) is 4.63. The van der Waals surface area contributed by atoms with Gasteiger partial charge in [-0.3, -0.25) is 0 Å². The topological polar surface area (TPSA) is 95.0 Å². The highest BCUT2D eigenvalue weighted by molar-refractivity contribution is 6.38. The van der Waals surface area contributed by atoms with Crippen molar-refractivity contribution >= 4 is 34.4 Å². The van der Waals surface area contributed by atoms with Gasteiger partial charge in [-0.2, -0.15) is 5.26 Å². The molecule has 6 nitrogen and oxygen atoms in total. The number of halogens is 2. The van der Waals surface area contributed by atoms with Crippen LogP contribution in [0.5, 0.6) is 0 Å². The molecule has 0 bridgehead atoms. The molecule has 0 radical (unpaired) electrons. The summed E-state index contributed by atoms with van der Waals surface area (Å²) in [7, 11) is 0. The molecule has 2 N–H and O–H groups in total. The molecule has 1 aliphatic rings. The molecule has 144 valence electrons. The maximum Gasteiger partial charge on any atom is 0.163 e. The fraction of sp³-hybridized carbons (Fsp3) is 0.611. The highest BCUT2D eigenvalue weighted by atomic mass is 35.5. The van der Waals surface area contributed by atoms with Crippen molar-refractivity contribution in [3.8, 4) is 6.07 Å². The van der Waals surface area contributed by atoms with Crippen LogP contribution in [-0.2, 0) is 0 Å². The zero-order valence-corrected chi connectivity index (χ0v) is 17.3. The van der Waals surface area contributed by atoms with Crippen molar-refractivity contribution in [1.29, 1.82) is 5.26 Å². The van der Waals surface area contributed by atoms with Gasteiger partial charge >= 0.3 is 0 Å². The molecule has 1 fully saturated rings. The van der Waals surface area contributed by atoms with Crippen molar-refractivity contribution in [2.24, 2.45) is 5.92 Å². The molecule has 1 saturated carbocycles. The summed E-state index contributed by atoms with van der Waals surface area (Å²) in [6, 6.07) is 2.59. The number of nitriles is 1. The Morgan fingerprint density at radius 1 is 1.27 bits per heavy atom. The van der Waals surface area contributed by atoms with E-state index < -0.39 is 5.79 Å². The lowest BCUT2D eigenvalue weighted by Crippen LogP contribution is -2.15. The van der Waals surface area contributed by atoms with Crippen LogP contribution in [0, 0.1) is 24.2 Å². The minimum absolute atomic E-state index is 0.124. The van der Waals surface area contributed by atoms with E-state index >= 15 is 0 Å². The van der Waals surface area contributed by atoms with Crippen LogP contribution in [0.25, 0.3) is 11.2 Å². The van der Waals surface area contributed by atoms with Gasteiger partial charge in [0.05, 0.1) is 17.4 Å². The maximum atomic E-state index is 8.99. The summed E-state index contributed by atoms with van der Waals surface area (Å²) in [5.74, 6) is -1.38. The molecule has 0 aromatic carbocycles. The molecule has 26 heavy (non-hydrogen) atoms. The molecule has 0 aliphatic heterocycles. The van der Waals surface area contributed by atoms with Crippen LogP contribution in [0.2, 0.25) is 10.2 Å². The summed E-state index contributed by atoms with van der Waals surface area (Å²) in [4.78, 5) is 8.73. The van der Waals surface area contributed by atoms with E-state index in [1.165, 1.54) is 13.8 Å². The molecule has 0 spiro atoms. The number of pyridine rings is 1. The van der Waals surface area contributed by atoms with E-state index in [2.05, 4.69) is 16.0 Å².